The second-order valence-electron chi connectivity index (χ2n) is 3.39. The summed E-state index contributed by atoms with van der Waals surface area (Å²) in [6, 6.07) is 0.162. The van der Waals surface area contributed by atoms with Gasteiger partial charge in [0.05, 0.1) is 12.2 Å². The van der Waals surface area contributed by atoms with Gasteiger partial charge in [0.25, 0.3) is 0 Å². The fourth-order valence-corrected chi connectivity index (χ4v) is 1.27. The molecule has 0 radical (unpaired) electrons. The maximum absolute atomic E-state index is 5.36. The summed E-state index contributed by atoms with van der Waals surface area (Å²) in [4.78, 5) is 0. The molecule has 3 nitrogen and oxygen atoms in total. The molecule has 0 aromatic carbocycles. The molecule has 1 unspecified atom stereocenters. The van der Waals surface area contributed by atoms with E-state index in [0.29, 0.717) is 0 Å². The minimum absolute atomic E-state index is 0.162. The van der Waals surface area contributed by atoms with Gasteiger partial charge in [-0.2, -0.15) is 5.10 Å². The van der Waals surface area contributed by atoms with Gasteiger partial charge in [0, 0.05) is 24.8 Å². The maximum atomic E-state index is 5.36. The lowest BCUT2D eigenvalue weighted by atomic mass is 10.2. The highest BCUT2D eigenvalue weighted by atomic mass is 15.3. The monoisotopic (exact) mass is 191 g/mol. The third kappa shape index (κ3) is 2.36. The molecule has 1 rings (SSSR count). The Balaban J connectivity index is 2.54. The molecule has 0 bridgehead atoms. The Bertz CT molecular complexity index is 333. The molecular formula is C11H17N3. The van der Waals surface area contributed by atoms with Crippen molar-refractivity contribution in [2.75, 3.05) is 0 Å². The van der Waals surface area contributed by atoms with Crippen LogP contribution in [-0.4, -0.2) is 15.8 Å². The molecule has 76 valence electrons. The molecule has 0 aliphatic heterocycles. The number of hydrogen-bond donors (Lipinski definition) is 1. The van der Waals surface area contributed by atoms with Crippen LogP contribution in [-0.2, 0) is 13.6 Å². The van der Waals surface area contributed by atoms with Gasteiger partial charge in [-0.25, -0.2) is 0 Å². The summed E-state index contributed by atoms with van der Waals surface area (Å²) in [5.74, 6) is 2.71. The maximum Gasteiger partial charge on any atom is 0.0686 e. The van der Waals surface area contributed by atoms with Crippen molar-refractivity contribution in [3.05, 3.63) is 17.5 Å². The minimum atomic E-state index is 0.162. The molecule has 3 heteroatoms. The van der Waals surface area contributed by atoms with Gasteiger partial charge in [-0.05, 0) is 13.3 Å². The highest BCUT2D eigenvalue weighted by molar-refractivity contribution is 5.16. The quantitative estimate of drug-likeness (QED) is 0.725. The second kappa shape index (κ2) is 4.83. The molecule has 1 atom stereocenters. The molecule has 0 saturated heterocycles. The SMILES string of the molecule is C#CC(CC)NCc1cnn(C)c1C. The fourth-order valence-electron chi connectivity index (χ4n) is 1.27. The molecular weight excluding hydrogens is 174 g/mol. The topological polar surface area (TPSA) is 29.9 Å². The van der Waals surface area contributed by atoms with Crippen LogP contribution in [0, 0.1) is 19.3 Å². The molecule has 1 heterocycles. The standard InChI is InChI=1S/C11H17N3/c1-5-11(6-2)12-7-10-8-13-14(4)9(10)3/h1,8,11-12H,6-7H2,2-4H3. The van der Waals surface area contributed by atoms with Crippen molar-refractivity contribution in [1.29, 1.82) is 0 Å². The zero-order valence-electron chi connectivity index (χ0n) is 9.04. The predicted molar refractivity (Wildman–Crippen MR) is 57.7 cm³/mol. The number of rotatable bonds is 4. The normalized spacial score (nSPS) is 12.4. The number of hydrogen-bond acceptors (Lipinski definition) is 2. The van der Waals surface area contributed by atoms with Gasteiger partial charge in [-0.3, -0.25) is 10.00 Å². The molecule has 1 N–H and O–H groups in total. The van der Waals surface area contributed by atoms with Crippen LogP contribution in [0.1, 0.15) is 24.6 Å². The Hall–Kier alpha value is -1.27. The first-order valence-electron chi connectivity index (χ1n) is 4.86. The van der Waals surface area contributed by atoms with E-state index in [1.807, 2.05) is 17.9 Å². The van der Waals surface area contributed by atoms with E-state index in [9.17, 15) is 0 Å². The molecule has 0 fully saturated rings. The first kappa shape index (κ1) is 10.8. The highest BCUT2D eigenvalue weighted by Crippen LogP contribution is 2.05. The Morgan fingerprint density at radius 3 is 2.86 bits per heavy atom. The van der Waals surface area contributed by atoms with E-state index >= 15 is 0 Å². The van der Waals surface area contributed by atoms with E-state index in [1.54, 1.807) is 0 Å². The number of nitrogens with zero attached hydrogens (tertiary/aromatic N) is 2. The second-order valence-corrected chi connectivity index (χ2v) is 3.39. The number of nitrogens with one attached hydrogen (secondary N) is 1. The van der Waals surface area contributed by atoms with Crippen LogP contribution in [0.4, 0.5) is 0 Å². The van der Waals surface area contributed by atoms with E-state index in [0.717, 1.165) is 13.0 Å². The van der Waals surface area contributed by atoms with Crippen molar-refractivity contribution >= 4 is 0 Å². The molecule has 0 amide bonds. The molecule has 0 spiro atoms. The van der Waals surface area contributed by atoms with Gasteiger partial charge in [0.2, 0.25) is 0 Å². The summed E-state index contributed by atoms with van der Waals surface area (Å²) in [5.41, 5.74) is 2.39. The van der Waals surface area contributed by atoms with E-state index in [4.69, 9.17) is 6.42 Å². The summed E-state index contributed by atoms with van der Waals surface area (Å²) < 4.78 is 1.87. The van der Waals surface area contributed by atoms with Crippen molar-refractivity contribution in [3.63, 3.8) is 0 Å². The first-order valence-corrected chi connectivity index (χ1v) is 4.86. The van der Waals surface area contributed by atoms with Gasteiger partial charge in [-0.15, -0.1) is 6.42 Å². The van der Waals surface area contributed by atoms with Crippen LogP contribution >= 0.6 is 0 Å². The lowest BCUT2D eigenvalue weighted by Gasteiger charge is -2.09. The summed E-state index contributed by atoms with van der Waals surface area (Å²) in [6.07, 6.45) is 8.19. The van der Waals surface area contributed by atoms with E-state index in [-0.39, 0.29) is 6.04 Å². The van der Waals surface area contributed by atoms with Crippen molar-refractivity contribution in [1.82, 2.24) is 15.1 Å². The van der Waals surface area contributed by atoms with Gasteiger partial charge in [0.1, 0.15) is 0 Å². The first-order chi connectivity index (χ1) is 6.69. The molecule has 14 heavy (non-hydrogen) atoms. The Labute approximate surface area is 85.5 Å². The smallest absolute Gasteiger partial charge is 0.0686 e. The largest absolute Gasteiger partial charge is 0.299 e. The van der Waals surface area contributed by atoms with Crippen molar-refractivity contribution in [2.45, 2.75) is 32.9 Å². The summed E-state index contributed by atoms with van der Waals surface area (Å²) >= 11 is 0. The van der Waals surface area contributed by atoms with Crippen LogP contribution in [0.5, 0.6) is 0 Å². The molecule has 1 aromatic heterocycles. The van der Waals surface area contributed by atoms with Crippen LogP contribution in [0.25, 0.3) is 0 Å². The predicted octanol–water partition coefficient (Wildman–Crippen LogP) is 1.23. The zero-order valence-corrected chi connectivity index (χ0v) is 9.04. The van der Waals surface area contributed by atoms with Crippen LogP contribution < -0.4 is 5.32 Å². The van der Waals surface area contributed by atoms with Gasteiger partial charge >= 0.3 is 0 Å². The van der Waals surface area contributed by atoms with Crippen LogP contribution in [0.2, 0.25) is 0 Å². The van der Waals surface area contributed by atoms with E-state index < -0.39 is 0 Å². The fraction of sp³-hybridized carbons (Fsp3) is 0.545. The third-order valence-electron chi connectivity index (χ3n) is 2.49. The Morgan fingerprint density at radius 2 is 2.43 bits per heavy atom. The van der Waals surface area contributed by atoms with Gasteiger partial charge in [0.15, 0.2) is 0 Å². The molecule has 1 aromatic rings. The van der Waals surface area contributed by atoms with E-state index in [2.05, 4.69) is 30.2 Å². The minimum Gasteiger partial charge on any atom is -0.299 e. The average Bonchev–Trinajstić information content (AvgIpc) is 2.51. The van der Waals surface area contributed by atoms with Gasteiger partial charge < -0.3 is 0 Å². The molecule has 0 aliphatic rings. The zero-order chi connectivity index (χ0) is 10.6. The number of aryl methyl sites for hydroxylation is 1. The average molecular weight is 191 g/mol. The van der Waals surface area contributed by atoms with E-state index in [1.165, 1.54) is 11.3 Å². The van der Waals surface area contributed by atoms with Crippen LogP contribution in [0.3, 0.4) is 0 Å². The Kier molecular flexibility index (Phi) is 3.73. The third-order valence-corrected chi connectivity index (χ3v) is 2.49. The lowest BCUT2D eigenvalue weighted by Crippen LogP contribution is -2.26. The van der Waals surface area contributed by atoms with Crippen molar-refractivity contribution < 1.29 is 0 Å². The lowest BCUT2D eigenvalue weighted by molar-refractivity contribution is 0.590. The molecule has 0 saturated carbocycles. The van der Waals surface area contributed by atoms with Crippen LogP contribution in [0.15, 0.2) is 6.20 Å². The van der Waals surface area contributed by atoms with Crippen molar-refractivity contribution in [3.8, 4) is 12.3 Å². The number of aromatic nitrogens is 2. The summed E-state index contributed by atoms with van der Waals surface area (Å²) in [5, 5.41) is 7.47. The summed E-state index contributed by atoms with van der Waals surface area (Å²) in [6.45, 7) is 4.93. The summed E-state index contributed by atoms with van der Waals surface area (Å²) in [7, 11) is 1.94. The highest BCUT2D eigenvalue weighted by Gasteiger charge is 2.05. The Morgan fingerprint density at radius 1 is 1.71 bits per heavy atom. The number of terminal acetylenes is 1. The van der Waals surface area contributed by atoms with Crippen molar-refractivity contribution in [2.24, 2.45) is 7.05 Å². The van der Waals surface area contributed by atoms with Gasteiger partial charge in [-0.1, -0.05) is 12.8 Å². The molecule has 0 aliphatic carbocycles.